The monoisotopic (exact) mass is 310 g/mol. The van der Waals surface area contributed by atoms with E-state index in [0.29, 0.717) is 10.0 Å². The van der Waals surface area contributed by atoms with Gasteiger partial charge in [-0.2, -0.15) is 5.26 Å². The Balaban J connectivity index is 2.31. The molecule has 3 nitrogen and oxygen atoms in total. The molecule has 0 fully saturated rings. The minimum atomic E-state index is -0.886. The third-order valence-electron chi connectivity index (χ3n) is 2.49. The van der Waals surface area contributed by atoms with Gasteiger partial charge in [0, 0.05) is 16.0 Å². The Kier molecular flexibility index (Phi) is 4.54. The molecule has 96 valence electrons. The van der Waals surface area contributed by atoms with Crippen LogP contribution >= 0.6 is 34.5 Å². The predicted molar refractivity (Wildman–Crippen MR) is 76.6 cm³/mol. The van der Waals surface area contributed by atoms with Crippen molar-refractivity contribution in [1.82, 2.24) is 4.98 Å². The highest BCUT2D eigenvalue weighted by Crippen LogP contribution is 2.27. The molecule has 1 atom stereocenters. The molecule has 1 unspecified atom stereocenters. The van der Waals surface area contributed by atoms with E-state index in [-0.39, 0.29) is 11.7 Å². The molecule has 0 spiro atoms. The van der Waals surface area contributed by atoms with Crippen LogP contribution < -0.4 is 0 Å². The minimum absolute atomic E-state index is 0.186. The zero-order chi connectivity index (χ0) is 13.8. The first-order valence-electron chi connectivity index (χ1n) is 5.35. The third-order valence-corrected chi connectivity index (χ3v) is 3.92. The number of rotatable bonds is 4. The molecule has 1 aromatic heterocycles. The summed E-state index contributed by atoms with van der Waals surface area (Å²) in [4.78, 5) is 15.9. The van der Waals surface area contributed by atoms with Gasteiger partial charge in [0.1, 0.15) is 5.01 Å². The molecule has 2 aromatic rings. The second-order valence-corrected chi connectivity index (χ2v) is 5.33. The maximum atomic E-state index is 11.5. The van der Waals surface area contributed by atoms with Crippen molar-refractivity contribution in [3.8, 4) is 17.3 Å². The van der Waals surface area contributed by atoms with Gasteiger partial charge in [-0.1, -0.05) is 23.7 Å². The van der Waals surface area contributed by atoms with E-state index in [2.05, 4.69) is 4.98 Å². The van der Waals surface area contributed by atoms with Crippen molar-refractivity contribution in [2.75, 3.05) is 5.88 Å². The Hall–Kier alpha value is -1.41. The van der Waals surface area contributed by atoms with Gasteiger partial charge >= 0.3 is 0 Å². The first-order chi connectivity index (χ1) is 9.15. The number of nitriles is 1. The van der Waals surface area contributed by atoms with Crippen molar-refractivity contribution < 1.29 is 4.79 Å². The summed E-state index contributed by atoms with van der Waals surface area (Å²) in [6.45, 7) is 0. The van der Waals surface area contributed by atoms with Crippen LogP contribution in [0.25, 0.3) is 11.3 Å². The summed E-state index contributed by atoms with van der Waals surface area (Å²) in [6.07, 6.45) is 0. The summed E-state index contributed by atoms with van der Waals surface area (Å²) in [7, 11) is 0. The molecule has 0 aliphatic heterocycles. The quantitative estimate of drug-likeness (QED) is 0.805. The van der Waals surface area contributed by atoms with Crippen LogP contribution in [0.4, 0.5) is 0 Å². The van der Waals surface area contributed by atoms with E-state index >= 15 is 0 Å². The summed E-state index contributed by atoms with van der Waals surface area (Å²) in [6, 6.07) is 9.15. The van der Waals surface area contributed by atoms with E-state index < -0.39 is 5.92 Å². The van der Waals surface area contributed by atoms with Crippen LogP contribution in [0.1, 0.15) is 10.9 Å². The summed E-state index contributed by atoms with van der Waals surface area (Å²) < 4.78 is 0. The number of alkyl halides is 1. The van der Waals surface area contributed by atoms with E-state index in [1.54, 1.807) is 12.1 Å². The van der Waals surface area contributed by atoms with Crippen molar-refractivity contribution in [3.63, 3.8) is 0 Å². The van der Waals surface area contributed by atoms with Gasteiger partial charge in [-0.15, -0.1) is 22.9 Å². The molecule has 0 saturated heterocycles. The number of hydrogen-bond acceptors (Lipinski definition) is 4. The summed E-state index contributed by atoms with van der Waals surface area (Å²) in [5.74, 6) is -1.40. The van der Waals surface area contributed by atoms with Gasteiger partial charge in [0.2, 0.25) is 0 Å². The van der Waals surface area contributed by atoms with Gasteiger partial charge in [-0.25, -0.2) is 4.98 Å². The molecule has 19 heavy (non-hydrogen) atoms. The molecule has 0 aliphatic rings. The summed E-state index contributed by atoms with van der Waals surface area (Å²) in [5.41, 5.74) is 1.61. The largest absolute Gasteiger partial charge is 0.296 e. The topological polar surface area (TPSA) is 53.8 Å². The summed E-state index contributed by atoms with van der Waals surface area (Å²) >= 11 is 12.6. The van der Waals surface area contributed by atoms with Crippen molar-refractivity contribution in [2.45, 2.75) is 5.92 Å². The lowest BCUT2D eigenvalue weighted by Gasteiger charge is -2.01. The number of carbonyl (C=O) groups excluding carboxylic acids is 1. The third kappa shape index (κ3) is 3.13. The van der Waals surface area contributed by atoms with Gasteiger partial charge in [0.15, 0.2) is 11.7 Å². The van der Waals surface area contributed by atoms with Crippen LogP contribution in [0.5, 0.6) is 0 Å². The summed E-state index contributed by atoms with van der Waals surface area (Å²) in [5, 5.41) is 11.9. The normalized spacial score (nSPS) is 11.8. The molecule has 0 radical (unpaired) electrons. The second kappa shape index (κ2) is 6.16. The van der Waals surface area contributed by atoms with Crippen LogP contribution in [0, 0.1) is 11.3 Å². The molecule has 0 saturated carbocycles. The molecule has 6 heteroatoms. The highest BCUT2D eigenvalue weighted by atomic mass is 35.5. The number of benzene rings is 1. The van der Waals surface area contributed by atoms with Gasteiger partial charge in [0.25, 0.3) is 0 Å². The number of nitrogens with zero attached hydrogens (tertiary/aromatic N) is 2. The van der Waals surface area contributed by atoms with Gasteiger partial charge in [0.05, 0.1) is 17.6 Å². The lowest BCUT2D eigenvalue weighted by molar-refractivity contribution is -0.117. The first kappa shape index (κ1) is 14.0. The van der Waals surface area contributed by atoms with Crippen molar-refractivity contribution in [3.05, 3.63) is 39.7 Å². The van der Waals surface area contributed by atoms with E-state index in [0.717, 1.165) is 11.3 Å². The number of Topliss-reactive ketones (excluding diaryl/α,β-unsaturated/α-hetero) is 1. The van der Waals surface area contributed by atoms with Gasteiger partial charge in [-0.05, 0) is 12.1 Å². The zero-order valence-corrected chi connectivity index (χ0v) is 12.0. The SMILES string of the molecule is N#CC(C(=O)CCl)c1nc(-c2ccc(Cl)cc2)cs1. The molecule has 1 aromatic carbocycles. The molecule has 0 aliphatic carbocycles. The maximum absolute atomic E-state index is 11.5. The predicted octanol–water partition coefficient (Wildman–Crippen LogP) is 3.88. The van der Waals surface area contributed by atoms with Gasteiger partial charge < -0.3 is 0 Å². The maximum Gasteiger partial charge on any atom is 0.171 e. The lowest BCUT2D eigenvalue weighted by atomic mass is 10.1. The Bertz CT molecular complexity index is 631. The molecule has 1 heterocycles. The van der Waals surface area contributed by atoms with Crippen LogP contribution in [-0.4, -0.2) is 16.6 Å². The number of ketones is 1. The molecule has 2 rings (SSSR count). The number of thiazole rings is 1. The van der Waals surface area contributed by atoms with E-state index in [1.165, 1.54) is 11.3 Å². The first-order valence-corrected chi connectivity index (χ1v) is 7.14. The highest BCUT2D eigenvalue weighted by Gasteiger charge is 2.22. The molecular weight excluding hydrogens is 303 g/mol. The van der Waals surface area contributed by atoms with Crippen LogP contribution in [0.2, 0.25) is 5.02 Å². The standard InChI is InChI=1S/C13H8Cl2N2OS/c14-5-12(18)10(6-16)13-17-11(7-19-13)8-1-3-9(15)4-2-8/h1-4,7,10H,5H2. The van der Waals surface area contributed by atoms with E-state index in [4.69, 9.17) is 28.5 Å². The van der Waals surface area contributed by atoms with Crippen LogP contribution in [0.3, 0.4) is 0 Å². The van der Waals surface area contributed by atoms with Crippen molar-refractivity contribution >= 4 is 40.3 Å². The molecule has 0 bridgehead atoms. The van der Waals surface area contributed by atoms with Crippen molar-refractivity contribution in [1.29, 1.82) is 5.26 Å². The van der Waals surface area contributed by atoms with Crippen molar-refractivity contribution in [2.24, 2.45) is 0 Å². The molecular formula is C13H8Cl2N2OS. The molecule has 0 amide bonds. The average molecular weight is 311 g/mol. The smallest absolute Gasteiger partial charge is 0.171 e. The number of aromatic nitrogens is 1. The zero-order valence-electron chi connectivity index (χ0n) is 9.64. The molecule has 0 N–H and O–H groups in total. The Morgan fingerprint density at radius 3 is 2.68 bits per heavy atom. The van der Waals surface area contributed by atoms with E-state index in [1.807, 2.05) is 23.6 Å². The highest BCUT2D eigenvalue weighted by molar-refractivity contribution is 7.10. The minimum Gasteiger partial charge on any atom is -0.296 e. The Labute approximate surface area is 124 Å². The lowest BCUT2D eigenvalue weighted by Crippen LogP contribution is -2.11. The fourth-order valence-electron chi connectivity index (χ4n) is 1.52. The number of halogens is 2. The second-order valence-electron chi connectivity index (χ2n) is 3.74. The Morgan fingerprint density at radius 2 is 2.11 bits per heavy atom. The van der Waals surface area contributed by atoms with Crippen LogP contribution in [-0.2, 0) is 4.79 Å². The average Bonchev–Trinajstić information content (AvgIpc) is 2.89. The van der Waals surface area contributed by atoms with Gasteiger partial charge in [-0.3, -0.25) is 4.79 Å². The van der Waals surface area contributed by atoms with E-state index in [9.17, 15) is 4.79 Å². The number of hydrogen-bond donors (Lipinski definition) is 0. The van der Waals surface area contributed by atoms with Crippen LogP contribution in [0.15, 0.2) is 29.6 Å². The number of carbonyl (C=O) groups is 1. The fraction of sp³-hybridized carbons (Fsp3) is 0.154. The Morgan fingerprint density at radius 1 is 1.42 bits per heavy atom. The fourth-order valence-corrected chi connectivity index (χ4v) is 2.69.